The molecule has 72 valence electrons. The second-order valence-corrected chi connectivity index (χ2v) is 3.68. The van der Waals surface area contributed by atoms with E-state index in [9.17, 15) is 4.79 Å². The van der Waals surface area contributed by atoms with Crippen LogP contribution in [0.2, 0.25) is 0 Å². The van der Waals surface area contributed by atoms with Crippen LogP contribution in [0.3, 0.4) is 0 Å². The predicted octanol–water partition coefficient (Wildman–Crippen LogP) is 1.88. The van der Waals surface area contributed by atoms with Crippen LogP contribution in [-0.4, -0.2) is 20.6 Å². The Bertz CT molecular complexity index is 493. The topological polar surface area (TPSA) is 55.1 Å². The zero-order valence-electron chi connectivity index (χ0n) is 7.14. The molecule has 0 aliphatic heterocycles. The highest BCUT2D eigenvalue weighted by Crippen LogP contribution is 2.21. The summed E-state index contributed by atoms with van der Waals surface area (Å²) in [5.74, 6) is -0.881. The minimum atomic E-state index is -0.881. The summed E-state index contributed by atoms with van der Waals surface area (Å²) in [4.78, 5) is 14.7. The Balaban J connectivity index is 2.62. The third-order valence-corrected chi connectivity index (χ3v) is 2.56. The second-order valence-electron chi connectivity index (χ2n) is 2.86. The van der Waals surface area contributed by atoms with Gasteiger partial charge in [0.15, 0.2) is 0 Å². The Labute approximate surface area is 88.3 Å². The van der Waals surface area contributed by atoms with Gasteiger partial charge in [0.1, 0.15) is 12.2 Å². The minimum absolute atomic E-state index is 0.0822. The Hall–Kier alpha value is -1.36. The second kappa shape index (κ2) is 3.42. The fraction of sp³-hybridized carbons (Fsp3) is 0.111. The SMILES string of the molecule is O=C(O)Cn1c(Br)cc2cccnc21. The normalized spacial score (nSPS) is 10.6. The number of fused-ring (bicyclic) bond motifs is 1. The number of aromatic nitrogens is 2. The summed E-state index contributed by atoms with van der Waals surface area (Å²) in [7, 11) is 0. The van der Waals surface area contributed by atoms with E-state index < -0.39 is 5.97 Å². The van der Waals surface area contributed by atoms with E-state index >= 15 is 0 Å². The van der Waals surface area contributed by atoms with Crippen LogP contribution in [-0.2, 0) is 11.3 Å². The number of hydrogen-bond acceptors (Lipinski definition) is 2. The van der Waals surface area contributed by atoms with E-state index in [0.717, 1.165) is 9.99 Å². The summed E-state index contributed by atoms with van der Waals surface area (Å²) >= 11 is 3.30. The van der Waals surface area contributed by atoms with Crippen LogP contribution in [0.4, 0.5) is 0 Å². The van der Waals surface area contributed by atoms with E-state index in [0.29, 0.717) is 5.65 Å². The van der Waals surface area contributed by atoms with Crippen molar-refractivity contribution in [3.05, 3.63) is 29.0 Å². The maximum Gasteiger partial charge on any atom is 0.323 e. The zero-order chi connectivity index (χ0) is 10.1. The van der Waals surface area contributed by atoms with Crippen LogP contribution >= 0.6 is 15.9 Å². The molecule has 14 heavy (non-hydrogen) atoms. The highest BCUT2D eigenvalue weighted by Gasteiger charge is 2.09. The van der Waals surface area contributed by atoms with Crippen LogP contribution < -0.4 is 0 Å². The number of carboxylic acids is 1. The largest absolute Gasteiger partial charge is 0.480 e. The van der Waals surface area contributed by atoms with Gasteiger partial charge in [-0.25, -0.2) is 4.98 Å². The average molecular weight is 255 g/mol. The van der Waals surface area contributed by atoms with Gasteiger partial charge in [-0.2, -0.15) is 0 Å². The van der Waals surface area contributed by atoms with E-state index in [-0.39, 0.29) is 6.54 Å². The molecule has 0 fully saturated rings. The van der Waals surface area contributed by atoms with Crippen molar-refractivity contribution >= 4 is 32.9 Å². The maximum absolute atomic E-state index is 10.6. The first kappa shape index (κ1) is 9.21. The first-order valence-corrected chi connectivity index (χ1v) is 4.79. The smallest absolute Gasteiger partial charge is 0.323 e. The van der Waals surface area contributed by atoms with Gasteiger partial charge in [0.25, 0.3) is 0 Å². The van der Waals surface area contributed by atoms with Crippen LogP contribution in [0.1, 0.15) is 0 Å². The fourth-order valence-corrected chi connectivity index (χ4v) is 1.88. The van der Waals surface area contributed by atoms with Gasteiger partial charge >= 0.3 is 5.97 Å². The Morgan fingerprint density at radius 2 is 2.43 bits per heavy atom. The van der Waals surface area contributed by atoms with Crippen LogP contribution in [0.15, 0.2) is 29.0 Å². The summed E-state index contributed by atoms with van der Waals surface area (Å²) in [6.45, 7) is -0.0822. The van der Waals surface area contributed by atoms with Gasteiger partial charge < -0.3 is 9.67 Å². The number of aliphatic carboxylic acids is 1. The molecule has 0 amide bonds. The molecule has 0 aromatic carbocycles. The van der Waals surface area contributed by atoms with Crippen LogP contribution in [0, 0.1) is 0 Å². The molecule has 2 aromatic heterocycles. The third kappa shape index (κ3) is 1.50. The minimum Gasteiger partial charge on any atom is -0.480 e. The molecule has 2 rings (SSSR count). The van der Waals surface area contributed by atoms with Gasteiger partial charge in [-0.1, -0.05) is 0 Å². The van der Waals surface area contributed by atoms with Gasteiger partial charge in [-0.05, 0) is 34.1 Å². The van der Waals surface area contributed by atoms with Gasteiger partial charge in [0, 0.05) is 11.6 Å². The Morgan fingerprint density at radius 1 is 1.64 bits per heavy atom. The highest BCUT2D eigenvalue weighted by atomic mass is 79.9. The van der Waals surface area contributed by atoms with Crippen molar-refractivity contribution < 1.29 is 9.90 Å². The molecule has 4 nitrogen and oxygen atoms in total. The molecular formula is C9H7BrN2O2. The van der Waals surface area contributed by atoms with Gasteiger partial charge in [0.2, 0.25) is 0 Å². The number of carbonyl (C=O) groups is 1. The summed E-state index contributed by atoms with van der Waals surface area (Å²) < 4.78 is 2.34. The summed E-state index contributed by atoms with van der Waals surface area (Å²) in [5.41, 5.74) is 0.682. The molecule has 2 aromatic rings. The monoisotopic (exact) mass is 254 g/mol. The van der Waals surface area contributed by atoms with E-state index in [1.165, 1.54) is 0 Å². The molecule has 0 saturated heterocycles. The average Bonchev–Trinajstić information content (AvgIpc) is 2.43. The van der Waals surface area contributed by atoms with Crippen LogP contribution in [0.5, 0.6) is 0 Å². The molecule has 5 heteroatoms. The summed E-state index contributed by atoms with van der Waals surface area (Å²) in [6, 6.07) is 5.57. The summed E-state index contributed by atoms with van der Waals surface area (Å²) in [5, 5.41) is 9.63. The predicted molar refractivity (Wildman–Crippen MR) is 55.1 cm³/mol. The lowest BCUT2D eigenvalue weighted by molar-refractivity contribution is -0.137. The maximum atomic E-state index is 10.6. The van der Waals surface area contributed by atoms with E-state index in [2.05, 4.69) is 20.9 Å². The molecule has 2 heterocycles. The van der Waals surface area contributed by atoms with Gasteiger partial charge in [0.05, 0.1) is 4.60 Å². The number of carboxylic acid groups (broad SMARTS) is 1. The van der Waals surface area contributed by atoms with E-state index in [1.54, 1.807) is 10.8 Å². The Kier molecular flexibility index (Phi) is 2.25. The van der Waals surface area contributed by atoms with Crippen molar-refractivity contribution in [2.45, 2.75) is 6.54 Å². The number of hydrogen-bond donors (Lipinski definition) is 1. The molecule has 0 aliphatic rings. The molecule has 0 saturated carbocycles. The lowest BCUT2D eigenvalue weighted by atomic mass is 10.3. The zero-order valence-corrected chi connectivity index (χ0v) is 8.73. The number of rotatable bonds is 2. The third-order valence-electron chi connectivity index (χ3n) is 1.90. The van der Waals surface area contributed by atoms with E-state index in [1.807, 2.05) is 18.2 Å². The lowest BCUT2D eigenvalue weighted by Gasteiger charge is -2.01. The number of pyridine rings is 1. The lowest BCUT2D eigenvalue weighted by Crippen LogP contribution is -2.09. The van der Waals surface area contributed by atoms with Crippen molar-refractivity contribution in [2.75, 3.05) is 0 Å². The van der Waals surface area contributed by atoms with Gasteiger partial charge in [-0.3, -0.25) is 4.79 Å². The van der Waals surface area contributed by atoms with Crippen molar-refractivity contribution in [2.24, 2.45) is 0 Å². The van der Waals surface area contributed by atoms with Crippen LogP contribution in [0.25, 0.3) is 11.0 Å². The van der Waals surface area contributed by atoms with Crippen molar-refractivity contribution in [1.82, 2.24) is 9.55 Å². The number of halogens is 1. The standard InChI is InChI=1S/C9H7BrN2O2/c10-7-4-6-2-1-3-11-9(6)12(7)5-8(13)14/h1-4H,5H2,(H,13,14). The quantitative estimate of drug-likeness (QED) is 0.891. The molecule has 0 spiro atoms. The number of nitrogens with zero attached hydrogens (tertiary/aromatic N) is 2. The molecule has 0 atom stereocenters. The molecule has 0 radical (unpaired) electrons. The fourth-order valence-electron chi connectivity index (χ4n) is 1.34. The Morgan fingerprint density at radius 3 is 3.14 bits per heavy atom. The van der Waals surface area contributed by atoms with Crippen molar-refractivity contribution in [3.63, 3.8) is 0 Å². The highest BCUT2D eigenvalue weighted by molar-refractivity contribution is 9.10. The molecule has 0 aliphatic carbocycles. The van der Waals surface area contributed by atoms with Gasteiger partial charge in [-0.15, -0.1) is 0 Å². The first-order chi connectivity index (χ1) is 6.68. The first-order valence-electron chi connectivity index (χ1n) is 4.00. The molecule has 1 N–H and O–H groups in total. The molecular weight excluding hydrogens is 248 g/mol. The van der Waals surface area contributed by atoms with Crippen molar-refractivity contribution in [3.8, 4) is 0 Å². The molecule has 0 unspecified atom stereocenters. The summed E-state index contributed by atoms with van der Waals surface area (Å²) in [6.07, 6.45) is 1.65. The van der Waals surface area contributed by atoms with Crippen molar-refractivity contribution in [1.29, 1.82) is 0 Å². The van der Waals surface area contributed by atoms with E-state index in [4.69, 9.17) is 5.11 Å². The molecule has 0 bridgehead atoms.